The molecule has 0 spiro atoms. The topological polar surface area (TPSA) is 21.3 Å². The molecular formula is C16H23F2NO. The Morgan fingerprint density at radius 3 is 2.55 bits per heavy atom. The normalized spacial score (nSPS) is 19.8. The predicted molar refractivity (Wildman–Crippen MR) is 75.6 cm³/mol. The standard InChI is InChI=1S/C16H23F2NO/c1-3-20-16(9-5-4-6-10-16)15(19-2)13-11-12(17)7-8-14(13)18/h7-8,11,15,19H,3-6,9-10H2,1-2H3. The Balaban J connectivity index is 2.39. The third kappa shape index (κ3) is 3.01. The van der Waals surface area contributed by atoms with Crippen LogP contribution in [0, 0.1) is 11.6 Å². The molecule has 2 nitrogen and oxygen atoms in total. The molecule has 0 bridgehead atoms. The van der Waals surface area contributed by atoms with Gasteiger partial charge >= 0.3 is 0 Å². The fourth-order valence-electron chi connectivity index (χ4n) is 3.39. The quantitative estimate of drug-likeness (QED) is 0.883. The smallest absolute Gasteiger partial charge is 0.128 e. The first-order chi connectivity index (χ1) is 9.63. The van der Waals surface area contributed by atoms with Gasteiger partial charge in [0.25, 0.3) is 0 Å². The summed E-state index contributed by atoms with van der Waals surface area (Å²) in [5.74, 6) is -0.792. The number of rotatable bonds is 5. The number of nitrogens with one attached hydrogen (secondary N) is 1. The molecule has 1 unspecified atom stereocenters. The van der Waals surface area contributed by atoms with Gasteiger partial charge < -0.3 is 10.1 Å². The summed E-state index contributed by atoms with van der Waals surface area (Å²) in [4.78, 5) is 0. The SMILES string of the molecule is CCOC1(C(NC)c2cc(F)ccc2F)CCCCC1. The van der Waals surface area contributed by atoms with Gasteiger partial charge in [-0.2, -0.15) is 0 Å². The highest BCUT2D eigenvalue weighted by Gasteiger charge is 2.41. The van der Waals surface area contributed by atoms with Crippen LogP contribution >= 0.6 is 0 Å². The molecule has 1 atom stereocenters. The van der Waals surface area contributed by atoms with Crippen molar-refractivity contribution in [3.8, 4) is 0 Å². The zero-order chi connectivity index (χ0) is 14.6. The number of benzene rings is 1. The Kier molecular flexibility index (Phi) is 5.11. The Morgan fingerprint density at radius 2 is 1.95 bits per heavy atom. The van der Waals surface area contributed by atoms with E-state index in [9.17, 15) is 8.78 Å². The van der Waals surface area contributed by atoms with Crippen LogP contribution in [-0.4, -0.2) is 19.3 Å². The molecule has 1 aliphatic rings. The van der Waals surface area contributed by atoms with Gasteiger partial charge in [0.05, 0.1) is 11.6 Å². The van der Waals surface area contributed by atoms with Gasteiger partial charge in [0.2, 0.25) is 0 Å². The molecule has 0 amide bonds. The fourth-order valence-corrected chi connectivity index (χ4v) is 3.39. The van der Waals surface area contributed by atoms with Crippen LogP contribution in [0.4, 0.5) is 8.78 Å². The maximum Gasteiger partial charge on any atom is 0.128 e. The van der Waals surface area contributed by atoms with E-state index >= 15 is 0 Å². The molecule has 1 aromatic carbocycles. The van der Waals surface area contributed by atoms with Gasteiger partial charge in [-0.15, -0.1) is 0 Å². The van der Waals surface area contributed by atoms with Crippen LogP contribution < -0.4 is 5.32 Å². The minimum Gasteiger partial charge on any atom is -0.373 e. The van der Waals surface area contributed by atoms with Crippen molar-refractivity contribution in [1.82, 2.24) is 5.32 Å². The van der Waals surface area contributed by atoms with E-state index in [1.54, 1.807) is 7.05 Å². The maximum atomic E-state index is 14.1. The Morgan fingerprint density at radius 1 is 1.25 bits per heavy atom. The number of likely N-dealkylation sites (N-methyl/N-ethyl adjacent to an activating group) is 1. The lowest BCUT2D eigenvalue weighted by molar-refractivity contribution is -0.0905. The zero-order valence-corrected chi connectivity index (χ0v) is 12.2. The van der Waals surface area contributed by atoms with E-state index in [0.29, 0.717) is 12.2 Å². The van der Waals surface area contributed by atoms with Crippen LogP contribution in [0.3, 0.4) is 0 Å². The van der Waals surface area contributed by atoms with E-state index in [1.807, 2.05) is 6.92 Å². The van der Waals surface area contributed by atoms with Crippen LogP contribution in [0.5, 0.6) is 0 Å². The van der Waals surface area contributed by atoms with Crippen molar-refractivity contribution >= 4 is 0 Å². The number of ether oxygens (including phenoxy) is 1. The zero-order valence-electron chi connectivity index (χ0n) is 12.2. The number of hydrogen-bond acceptors (Lipinski definition) is 2. The van der Waals surface area contributed by atoms with E-state index in [0.717, 1.165) is 31.7 Å². The minimum absolute atomic E-state index is 0.321. The summed E-state index contributed by atoms with van der Waals surface area (Å²) in [7, 11) is 1.78. The predicted octanol–water partition coefficient (Wildman–Crippen LogP) is 3.96. The van der Waals surface area contributed by atoms with E-state index in [1.165, 1.54) is 18.6 Å². The van der Waals surface area contributed by atoms with E-state index in [-0.39, 0.29) is 11.9 Å². The second-order valence-electron chi connectivity index (χ2n) is 5.45. The monoisotopic (exact) mass is 283 g/mol. The highest BCUT2D eigenvalue weighted by Crippen LogP contribution is 2.42. The largest absolute Gasteiger partial charge is 0.373 e. The summed E-state index contributed by atoms with van der Waals surface area (Å²) in [5, 5.41) is 3.15. The number of halogens is 2. The first-order valence-corrected chi connectivity index (χ1v) is 7.39. The summed E-state index contributed by atoms with van der Waals surface area (Å²) in [6.45, 7) is 2.53. The number of hydrogen-bond donors (Lipinski definition) is 1. The highest BCUT2D eigenvalue weighted by molar-refractivity contribution is 5.25. The van der Waals surface area contributed by atoms with Crippen molar-refractivity contribution in [2.75, 3.05) is 13.7 Å². The lowest BCUT2D eigenvalue weighted by Gasteiger charge is -2.43. The average molecular weight is 283 g/mol. The second-order valence-corrected chi connectivity index (χ2v) is 5.45. The van der Waals surface area contributed by atoms with Gasteiger partial charge in [-0.05, 0) is 45.0 Å². The molecular weight excluding hydrogens is 260 g/mol. The van der Waals surface area contributed by atoms with Gasteiger partial charge in [0, 0.05) is 12.2 Å². The lowest BCUT2D eigenvalue weighted by Crippen LogP contribution is -2.47. The third-order valence-electron chi connectivity index (χ3n) is 4.22. The molecule has 1 N–H and O–H groups in total. The summed E-state index contributed by atoms with van der Waals surface area (Å²) in [5.41, 5.74) is -0.0704. The molecule has 112 valence electrons. The summed E-state index contributed by atoms with van der Waals surface area (Å²) in [6, 6.07) is 3.31. The van der Waals surface area contributed by atoms with Crippen molar-refractivity contribution in [2.45, 2.75) is 50.7 Å². The van der Waals surface area contributed by atoms with Gasteiger partial charge in [0.1, 0.15) is 11.6 Å². The summed E-state index contributed by atoms with van der Waals surface area (Å²) < 4.78 is 33.6. The molecule has 1 fully saturated rings. The van der Waals surface area contributed by atoms with Gasteiger partial charge in [-0.1, -0.05) is 19.3 Å². The molecule has 1 aromatic rings. The van der Waals surface area contributed by atoms with Crippen LogP contribution in [0.2, 0.25) is 0 Å². The van der Waals surface area contributed by atoms with E-state index in [2.05, 4.69) is 5.32 Å². The molecule has 0 radical (unpaired) electrons. The van der Waals surface area contributed by atoms with Crippen molar-refractivity contribution in [2.24, 2.45) is 0 Å². The fraction of sp³-hybridized carbons (Fsp3) is 0.625. The van der Waals surface area contributed by atoms with Crippen molar-refractivity contribution in [3.63, 3.8) is 0 Å². The molecule has 0 saturated heterocycles. The van der Waals surface area contributed by atoms with Crippen LogP contribution in [0.25, 0.3) is 0 Å². The van der Waals surface area contributed by atoms with Crippen molar-refractivity contribution in [1.29, 1.82) is 0 Å². The van der Waals surface area contributed by atoms with Crippen LogP contribution in [0.15, 0.2) is 18.2 Å². The molecule has 0 heterocycles. The molecule has 0 aromatic heterocycles. The molecule has 20 heavy (non-hydrogen) atoms. The van der Waals surface area contributed by atoms with Gasteiger partial charge in [-0.3, -0.25) is 0 Å². The first-order valence-electron chi connectivity index (χ1n) is 7.39. The van der Waals surface area contributed by atoms with Gasteiger partial charge in [-0.25, -0.2) is 8.78 Å². The summed E-state index contributed by atoms with van der Waals surface area (Å²) >= 11 is 0. The second kappa shape index (κ2) is 6.64. The van der Waals surface area contributed by atoms with Crippen LogP contribution in [0.1, 0.15) is 50.6 Å². The molecule has 1 saturated carbocycles. The Hall–Kier alpha value is -1.00. The van der Waals surface area contributed by atoms with Crippen molar-refractivity contribution in [3.05, 3.63) is 35.4 Å². The maximum absolute atomic E-state index is 14.1. The van der Waals surface area contributed by atoms with Gasteiger partial charge in [0.15, 0.2) is 0 Å². The molecule has 0 aliphatic heterocycles. The summed E-state index contributed by atoms with van der Waals surface area (Å²) in [6.07, 6.45) is 5.06. The minimum atomic E-state index is -0.434. The third-order valence-corrected chi connectivity index (χ3v) is 4.22. The average Bonchev–Trinajstić information content (AvgIpc) is 2.45. The Labute approximate surface area is 119 Å². The highest BCUT2D eigenvalue weighted by atomic mass is 19.1. The molecule has 1 aliphatic carbocycles. The van der Waals surface area contributed by atoms with Crippen molar-refractivity contribution < 1.29 is 13.5 Å². The van der Waals surface area contributed by atoms with E-state index in [4.69, 9.17) is 4.74 Å². The van der Waals surface area contributed by atoms with Crippen LogP contribution in [-0.2, 0) is 4.74 Å². The molecule has 4 heteroatoms. The lowest BCUT2D eigenvalue weighted by atomic mass is 9.76. The Bertz CT molecular complexity index is 439. The first kappa shape index (κ1) is 15.4. The molecule has 2 rings (SSSR count). The van der Waals surface area contributed by atoms with E-state index < -0.39 is 11.4 Å².